The molecule has 0 bridgehead atoms. The number of nitrogens with one attached hydrogen (secondary N) is 1. The molecule has 2 aromatic rings. The summed E-state index contributed by atoms with van der Waals surface area (Å²) in [5.74, 6) is 0. The number of rotatable bonds is 7. The molecule has 0 aliphatic heterocycles. The summed E-state index contributed by atoms with van der Waals surface area (Å²) in [5, 5.41) is 7.78. The lowest BCUT2D eigenvalue weighted by atomic mass is 10.0. The molecule has 5 heteroatoms. The Morgan fingerprint density at radius 3 is 2.95 bits per heavy atom. The summed E-state index contributed by atoms with van der Waals surface area (Å²) in [6, 6.07) is 2.34. The van der Waals surface area contributed by atoms with Crippen molar-refractivity contribution >= 4 is 15.9 Å². The minimum absolute atomic E-state index is 0.313. The predicted molar refractivity (Wildman–Crippen MR) is 79.0 cm³/mol. The van der Waals surface area contributed by atoms with Gasteiger partial charge in [0.1, 0.15) is 0 Å². The van der Waals surface area contributed by atoms with E-state index in [1.807, 2.05) is 24.0 Å². The van der Waals surface area contributed by atoms with Gasteiger partial charge in [-0.1, -0.05) is 6.92 Å². The van der Waals surface area contributed by atoms with Crippen LogP contribution >= 0.6 is 15.9 Å². The van der Waals surface area contributed by atoms with Crippen LogP contribution in [0, 0.1) is 0 Å². The molecule has 2 aromatic heterocycles. The van der Waals surface area contributed by atoms with Crippen molar-refractivity contribution in [1.29, 1.82) is 0 Å². The van der Waals surface area contributed by atoms with E-state index in [1.54, 1.807) is 6.26 Å². The van der Waals surface area contributed by atoms with Gasteiger partial charge in [0.15, 0.2) is 4.67 Å². The molecule has 2 heterocycles. The van der Waals surface area contributed by atoms with Crippen molar-refractivity contribution in [1.82, 2.24) is 15.1 Å². The van der Waals surface area contributed by atoms with E-state index in [4.69, 9.17) is 4.42 Å². The summed E-state index contributed by atoms with van der Waals surface area (Å²) >= 11 is 3.47. The Kier molecular flexibility index (Phi) is 5.22. The molecule has 1 N–H and O–H groups in total. The molecule has 1 unspecified atom stereocenters. The normalized spacial score (nSPS) is 12.8. The van der Waals surface area contributed by atoms with Crippen LogP contribution in [0.3, 0.4) is 0 Å². The van der Waals surface area contributed by atoms with E-state index in [1.165, 1.54) is 11.1 Å². The van der Waals surface area contributed by atoms with Gasteiger partial charge in [-0.25, -0.2) is 0 Å². The average Bonchev–Trinajstić information content (AvgIpc) is 2.99. The number of aryl methyl sites for hydroxylation is 2. The van der Waals surface area contributed by atoms with Gasteiger partial charge in [0.2, 0.25) is 0 Å². The minimum Gasteiger partial charge on any atom is -0.457 e. The predicted octanol–water partition coefficient (Wildman–Crippen LogP) is 3.45. The van der Waals surface area contributed by atoms with Crippen LogP contribution in [0.1, 0.15) is 36.9 Å². The largest absolute Gasteiger partial charge is 0.457 e. The van der Waals surface area contributed by atoms with Crippen molar-refractivity contribution in [2.75, 3.05) is 6.54 Å². The van der Waals surface area contributed by atoms with Gasteiger partial charge in [-0.2, -0.15) is 5.10 Å². The third kappa shape index (κ3) is 3.94. The average molecular weight is 326 g/mol. The first-order chi connectivity index (χ1) is 9.20. The monoisotopic (exact) mass is 325 g/mol. The zero-order chi connectivity index (χ0) is 13.7. The lowest BCUT2D eigenvalue weighted by molar-refractivity contribution is 0.478. The van der Waals surface area contributed by atoms with Crippen molar-refractivity contribution in [3.8, 4) is 0 Å². The first kappa shape index (κ1) is 14.3. The number of hydrogen-bond donors (Lipinski definition) is 1. The van der Waals surface area contributed by atoms with E-state index in [2.05, 4.69) is 39.5 Å². The van der Waals surface area contributed by atoms with Gasteiger partial charge >= 0.3 is 0 Å². The highest BCUT2D eigenvalue weighted by molar-refractivity contribution is 9.10. The summed E-state index contributed by atoms with van der Waals surface area (Å²) in [4.78, 5) is 0. The fraction of sp³-hybridized carbons (Fsp3) is 0.500. The third-order valence-corrected chi connectivity index (χ3v) is 3.79. The van der Waals surface area contributed by atoms with Crippen LogP contribution < -0.4 is 5.32 Å². The number of nitrogens with zero attached hydrogens (tertiary/aromatic N) is 2. The number of halogens is 1. The number of aromatic nitrogens is 2. The van der Waals surface area contributed by atoms with Crippen LogP contribution in [0.5, 0.6) is 0 Å². The fourth-order valence-corrected chi connectivity index (χ4v) is 2.67. The molecule has 4 nitrogen and oxygen atoms in total. The van der Waals surface area contributed by atoms with Crippen LogP contribution in [-0.4, -0.2) is 16.3 Å². The number of furan rings is 1. The van der Waals surface area contributed by atoms with E-state index in [9.17, 15) is 0 Å². The zero-order valence-electron chi connectivity index (χ0n) is 11.4. The summed E-state index contributed by atoms with van der Waals surface area (Å²) in [6.45, 7) is 3.19. The quantitative estimate of drug-likeness (QED) is 0.847. The molecule has 1 atom stereocenters. The first-order valence-electron chi connectivity index (χ1n) is 6.64. The van der Waals surface area contributed by atoms with E-state index >= 15 is 0 Å². The number of hydrogen-bond acceptors (Lipinski definition) is 3. The second-order valence-electron chi connectivity index (χ2n) is 4.72. The Morgan fingerprint density at radius 2 is 2.37 bits per heavy atom. The molecule has 0 saturated carbocycles. The Bertz CT molecular complexity index is 506. The first-order valence-corrected chi connectivity index (χ1v) is 7.43. The van der Waals surface area contributed by atoms with Crippen LogP contribution in [-0.2, 0) is 13.5 Å². The van der Waals surface area contributed by atoms with Crippen LogP contribution in [0.15, 0.2) is 33.8 Å². The van der Waals surface area contributed by atoms with Crippen LogP contribution in [0.2, 0.25) is 0 Å². The zero-order valence-corrected chi connectivity index (χ0v) is 13.0. The molecule has 0 aromatic carbocycles. The van der Waals surface area contributed by atoms with Crippen molar-refractivity contribution in [3.63, 3.8) is 0 Å². The standard InChI is InChI=1S/C14H20BrN3O/c1-3-7-16-13(12-6-8-19-14(12)15)5-4-11-9-17-18(2)10-11/h6,8-10,13,16H,3-5,7H2,1-2H3. The van der Waals surface area contributed by atoms with Gasteiger partial charge in [-0.05, 0) is 53.4 Å². The van der Waals surface area contributed by atoms with Gasteiger partial charge in [0.25, 0.3) is 0 Å². The highest BCUT2D eigenvalue weighted by atomic mass is 79.9. The highest BCUT2D eigenvalue weighted by Gasteiger charge is 2.16. The summed E-state index contributed by atoms with van der Waals surface area (Å²) in [5.41, 5.74) is 2.46. The van der Waals surface area contributed by atoms with E-state index < -0.39 is 0 Å². The molecule has 0 aliphatic rings. The van der Waals surface area contributed by atoms with Gasteiger partial charge in [-0.15, -0.1) is 0 Å². The molecular weight excluding hydrogens is 306 g/mol. The van der Waals surface area contributed by atoms with Crippen molar-refractivity contribution < 1.29 is 4.42 Å². The fourth-order valence-electron chi connectivity index (χ4n) is 2.15. The Balaban J connectivity index is 2.00. The molecule has 0 saturated heterocycles. The molecular formula is C14H20BrN3O. The van der Waals surface area contributed by atoms with Gasteiger partial charge in [0.05, 0.1) is 12.5 Å². The van der Waals surface area contributed by atoms with Crippen molar-refractivity contribution in [3.05, 3.63) is 40.5 Å². The molecule has 104 valence electrons. The molecule has 0 amide bonds. The smallest absolute Gasteiger partial charge is 0.173 e. The van der Waals surface area contributed by atoms with E-state index in [0.29, 0.717) is 6.04 Å². The molecule has 2 rings (SSSR count). The van der Waals surface area contributed by atoms with E-state index in [-0.39, 0.29) is 0 Å². The second kappa shape index (κ2) is 6.91. The maximum Gasteiger partial charge on any atom is 0.173 e. The Morgan fingerprint density at radius 1 is 1.53 bits per heavy atom. The summed E-state index contributed by atoms with van der Waals surface area (Å²) in [7, 11) is 1.95. The third-order valence-electron chi connectivity index (χ3n) is 3.14. The summed E-state index contributed by atoms with van der Waals surface area (Å²) < 4.78 is 8.01. The van der Waals surface area contributed by atoms with Crippen molar-refractivity contribution in [2.24, 2.45) is 7.05 Å². The molecule has 0 radical (unpaired) electrons. The Hall–Kier alpha value is -1.07. The lowest BCUT2D eigenvalue weighted by Crippen LogP contribution is -2.22. The maximum atomic E-state index is 5.34. The molecule has 0 spiro atoms. The Labute approximate surface area is 122 Å². The van der Waals surface area contributed by atoms with E-state index in [0.717, 1.165) is 30.5 Å². The molecule has 0 aliphatic carbocycles. The van der Waals surface area contributed by atoms with Gasteiger partial charge in [-0.3, -0.25) is 4.68 Å². The van der Waals surface area contributed by atoms with Gasteiger partial charge in [0, 0.05) is 24.8 Å². The minimum atomic E-state index is 0.313. The molecule has 19 heavy (non-hydrogen) atoms. The topological polar surface area (TPSA) is 43.0 Å². The maximum absolute atomic E-state index is 5.34. The van der Waals surface area contributed by atoms with Crippen LogP contribution in [0.25, 0.3) is 0 Å². The molecule has 0 fully saturated rings. The lowest BCUT2D eigenvalue weighted by Gasteiger charge is -2.17. The van der Waals surface area contributed by atoms with Crippen LogP contribution in [0.4, 0.5) is 0 Å². The summed E-state index contributed by atoms with van der Waals surface area (Å²) in [6.07, 6.45) is 8.89. The van der Waals surface area contributed by atoms with Gasteiger partial charge < -0.3 is 9.73 Å². The SMILES string of the molecule is CCCNC(CCc1cnn(C)c1)c1ccoc1Br. The second-order valence-corrected chi connectivity index (χ2v) is 5.44. The highest BCUT2D eigenvalue weighted by Crippen LogP contribution is 2.27. The van der Waals surface area contributed by atoms with Crippen molar-refractivity contribution in [2.45, 2.75) is 32.2 Å².